The van der Waals surface area contributed by atoms with E-state index in [2.05, 4.69) is 60.2 Å². The van der Waals surface area contributed by atoms with Crippen molar-refractivity contribution in [2.24, 2.45) is 0 Å². The van der Waals surface area contributed by atoms with Crippen molar-refractivity contribution < 1.29 is 9.53 Å². The second-order valence-corrected chi connectivity index (χ2v) is 7.04. The van der Waals surface area contributed by atoms with E-state index in [0.29, 0.717) is 13.0 Å². The lowest BCUT2D eigenvalue weighted by Gasteiger charge is -2.16. The van der Waals surface area contributed by atoms with E-state index in [1.165, 1.54) is 11.1 Å². The van der Waals surface area contributed by atoms with Crippen molar-refractivity contribution in [3.05, 3.63) is 71.0 Å². The molecule has 0 bridgehead atoms. The Morgan fingerprint density at radius 3 is 1.93 bits per heavy atom. The van der Waals surface area contributed by atoms with Crippen molar-refractivity contribution >= 4 is 27.8 Å². The van der Waals surface area contributed by atoms with Gasteiger partial charge in [-0.2, -0.15) is 0 Å². The molecule has 0 saturated carbocycles. The predicted molar refractivity (Wildman–Crippen MR) is 109 cm³/mol. The van der Waals surface area contributed by atoms with Gasteiger partial charge in [-0.1, -0.05) is 36.4 Å². The molecular weight excluding hydrogens is 336 g/mol. The Kier molecular flexibility index (Phi) is 4.48. The van der Waals surface area contributed by atoms with Gasteiger partial charge in [0, 0.05) is 40.1 Å². The third-order valence-corrected chi connectivity index (χ3v) is 5.34. The quantitative estimate of drug-likeness (QED) is 0.471. The van der Waals surface area contributed by atoms with Crippen molar-refractivity contribution in [2.45, 2.75) is 33.1 Å². The molecule has 27 heavy (non-hydrogen) atoms. The number of aromatic nitrogens is 2. The molecule has 4 aromatic rings. The fourth-order valence-electron chi connectivity index (χ4n) is 4.01. The van der Waals surface area contributed by atoms with E-state index >= 15 is 0 Å². The molecule has 2 N–H and O–H groups in total. The summed E-state index contributed by atoms with van der Waals surface area (Å²) in [7, 11) is 0. The van der Waals surface area contributed by atoms with Gasteiger partial charge >= 0.3 is 5.97 Å². The van der Waals surface area contributed by atoms with Crippen LogP contribution >= 0.6 is 0 Å². The van der Waals surface area contributed by atoms with E-state index in [1.54, 1.807) is 0 Å². The van der Waals surface area contributed by atoms with Crippen LogP contribution in [0.4, 0.5) is 0 Å². The van der Waals surface area contributed by atoms with E-state index in [0.717, 1.165) is 32.9 Å². The summed E-state index contributed by atoms with van der Waals surface area (Å²) in [4.78, 5) is 19.2. The molecule has 0 radical (unpaired) electrons. The Bertz CT molecular complexity index is 1040. The summed E-state index contributed by atoms with van der Waals surface area (Å²) in [6, 6.07) is 12.6. The van der Waals surface area contributed by atoms with Gasteiger partial charge in [-0.15, -0.1) is 0 Å². The van der Waals surface area contributed by atoms with Gasteiger partial charge in [0.2, 0.25) is 0 Å². The maximum Gasteiger partial charge on any atom is 0.306 e. The first-order valence-electron chi connectivity index (χ1n) is 9.39. The lowest BCUT2D eigenvalue weighted by molar-refractivity contribution is -0.143. The van der Waals surface area contributed by atoms with Gasteiger partial charge in [0.1, 0.15) is 0 Å². The fraction of sp³-hybridized carbons (Fsp3) is 0.261. The lowest BCUT2D eigenvalue weighted by Crippen LogP contribution is -2.11. The smallest absolute Gasteiger partial charge is 0.306 e. The molecule has 0 spiro atoms. The molecular formula is C23H24N2O2. The summed E-state index contributed by atoms with van der Waals surface area (Å²) in [5.74, 6) is -0.248. The van der Waals surface area contributed by atoms with Gasteiger partial charge in [-0.05, 0) is 43.0 Å². The van der Waals surface area contributed by atoms with Crippen molar-refractivity contribution in [1.82, 2.24) is 9.97 Å². The number of aromatic amines is 2. The van der Waals surface area contributed by atoms with Crippen LogP contribution in [0.25, 0.3) is 21.8 Å². The zero-order chi connectivity index (χ0) is 19.0. The number of hydrogen-bond donors (Lipinski definition) is 2. The molecule has 2 aromatic heterocycles. The van der Waals surface area contributed by atoms with Crippen LogP contribution < -0.4 is 0 Å². The highest BCUT2D eigenvalue weighted by atomic mass is 16.5. The summed E-state index contributed by atoms with van der Waals surface area (Å²) >= 11 is 0. The minimum absolute atomic E-state index is 0.0739. The zero-order valence-electron chi connectivity index (χ0n) is 15.9. The summed E-state index contributed by atoms with van der Waals surface area (Å²) in [6.07, 6.45) is 4.39. The fourth-order valence-corrected chi connectivity index (χ4v) is 4.01. The van der Waals surface area contributed by atoms with E-state index in [1.807, 2.05) is 19.3 Å². The summed E-state index contributed by atoms with van der Waals surface area (Å²) in [6.45, 7) is 6.43. The highest BCUT2D eigenvalue weighted by Crippen LogP contribution is 2.38. The number of benzene rings is 2. The number of hydrogen-bond acceptors (Lipinski definition) is 2. The molecule has 0 fully saturated rings. The number of fused-ring (bicyclic) bond motifs is 2. The van der Waals surface area contributed by atoms with Crippen molar-refractivity contribution in [3.8, 4) is 0 Å². The number of ether oxygens (including phenoxy) is 1. The molecule has 4 heteroatoms. The van der Waals surface area contributed by atoms with Crippen LogP contribution in [-0.2, 0) is 9.53 Å². The van der Waals surface area contributed by atoms with Crippen molar-refractivity contribution in [1.29, 1.82) is 0 Å². The largest absolute Gasteiger partial charge is 0.466 e. The van der Waals surface area contributed by atoms with Crippen LogP contribution in [0.3, 0.4) is 0 Å². The van der Waals surface area contributed by atoms with Crippen LogP contribution in [0.2, 0.25) is 0 Å². The molecule has 0 aliphatic rings. The topological polar surface area (TPSA) is 57.9 Å². The van der Waals surface area contributed by atoms with Gasteiger partial charge in [0.05, 0.1) is 13.0 Å². The first-order chi connectivity index (χ1) is 13.1. The lowest BCUT2D eigenvalue weighted by atomic mass is 9.87. The maximum atomic E-state index is 12.4. The van der Waals surface area contributed by atoms with E-state index < -0.39 is 0 Å². The molecule has 0 atom stereocenters. The van der Waals surface area contributed by atoms with E-state index in [9.17, 15) is 4.79 Å². The number of esters is 1. The first kappa shape index (κ1) is 17.4. The average Bonchev–Trinajstić information content (AvgIpc) is 3.26. The second kappa shape index (κ2) is 6.95. The second-order valence-electron chi connectivity index (χ2n) is 7.04. The molecule has 4 rings (SSSR count). The Morgan fingerprint density at radius 2 is 1.44 bits per heavy atom. The summed E-state index contributed by atoms with van der Waals surface area (Å²) < 4.78 is 5.28. The monoisotopic (exact) mass is 360 g/mol. The standard InChI is InChI=1S/C23H24N2O2/c1-4-27-21(26)11-18(19-12-24-22-14(2)7-5-9-16(19)22)20-13-25-23-15(3)8-6-10-17(20)23/h5-10,12-13,18,24-25H,4,11H2,1-3H3. The SMILES string of the molecule is CCOC(=O)CC(c1c[nH]c2c(C)cccc12)c1c[nH]c2c(C)cccc12. The van der Waals surface area contributed by atoms with Crippen LogP contribution in [-0.4, -0.2) is 22.5 Å². The minimum Gasteiger partial charge on any atom is -0.466 e. The zero-order valence-corrected chi connectivity index (χ0v) is 15.9. The third kappa shape index (κ3) is 3.01. The maximum absolute atomic E-state index is 12.4. The molecule has 0 aliphatic carbocycles. The molecule has 0 amide bonds. The van der Waals surface area contributed by atoms with Crippen molar-refractivity contribution in [2.75, 3.05) is 6.61 Å². The van der Waals surface area contributed by atoms with Gasteiger partial charge < -0.3 is 14.7 Å². The Hall–Kier alpha value is -3.01. The summed E-state index contributed by atoms with van der Waals surface area (Å²) in [5.41, 5.74) is 6.90. The number of carbonyl (C=O) groups excluding carboxylic acids is 1. The van der Waals surface area contributed by atoms with Crippen LogP contribution in [0.15, 0.2) is 48.8 Å². The van der Waals surface area contributed by atoms with Crippen LogP contribution in [0, 0.1) is 13.8 Å². The van der Waals surface area contributed by atoms with Crippen LogP contribution in [0.5, 0.6) is 0 Å². The van der Waals surface area contributed by atoms with Gasteiger partial charge in [0.15, 0.2) is 0 Å². The highest BCUT2D eigenvalue weighted by Gasteiger charge is 2.25. The number of nitrogens with one attached hydrogen (secondary N) is 2. The van der Waals surface area contributed by atoms with Crippen molar-refractivity contribution in [3.63, 3.8) is 0 Å². The molecule has 4 nitrogen and oxygen atoms in total. The minimum atomic E-state index is -0.175. The van der Waals surface area contributed by atoms with Gasteiger partial charge in [0.25, 0.3) is 0 Å². The molecule has 2 heterocycles. The number of H-pyrrole nitrogens is 2. The van der Waals surface area contributed by atoms with E-state index in [4.69, 9.17) is 4.74 Å². The van der Waals surface area contributed by atoms with Gasteiger partial charge in [-0.25, -0.2) is 0 Å². The number of aryl methyl sites for hydroxylation is 2. The van der Waals surface area contributed by atoms with E-state index in [-0.39, 0.29) is 11.9 Å². The Morgan fingerprint density at radius 1 is 0.926 bits per heavy atom. The molecule has 2 aromatic carbocycles. The number of para-hydroxylation sites is 2. The van der Waals surface area contributed by atoms with Crippen LogP contribution in [0.1, 0.15) is 41.5 Å². The number of carbonyl (C=O) groups is 1. The Labute approximate surface area is 158 Å². The molecule has 0 unspecified atom stereocenters. The highest BCUT2D eigenvalue weighted by molar-refractivity contribution is 5.91. The average molecular weight is 360 g/mol. The molecule has 138 valence electrons. The first-order valence-corrected chi connectivity index (χ1v) is 9.39. The third-order valence-electron chi connectivity index (χ3n) is 5.34. The number of rotatable bonds is 5. The van der Waals surface area contributed by atoms with Gasteiger partial charge in [-0.3, -0.25) is 4.79 Å². The normalized spacial score (nSPS) is 11.6. The molecule has 0 saturated heterocycles. The Balaban J connectivity index is 1.89. The molecule has 0 aliphatic heterocycles. The summed E-state index contributed by atoms with van der Waals surface area (Å²) in [5, 5.41) is 2.32. The predicted octanol–water partition coefficient (Wildman–Crippen LogP) is 5.35.